The van der Waals surface area contributed by atoms with E-state index in [9.17, 15) is 14.7 Å². The van der Waals surface area contributed by atoms with E-state index >= 15 is 0 Å². The Morgan fingerprint density at radius 1 is 1.27 bits per heavy atom. The number of carbonyl (C=O) groups excluding carboxylic acids is 1. The number of hydrogen-bond donors (Lipinski definition) is 2. The summed E-state index contributed by atoms with van der Waals surface area (Å²) in [7, 11) is 1.69. The van der Waals surface area contributed by atoms with Gasteiger partial charge in [-0.15, -0.1) is 0 Å². The quantitative estimate of drug-likeness (QED) is 0.831. The number of para-hydroxylation sites is 2. The fourth-order valence-corrected chi connectivity index (χ4v) is 2.68. The molecule has 1 unspecified atom stereocenters. The lowest BCUT2D eigenvalue weighted by atomic mass is 10.0. The number of rotatable bonds is 6. The van der Waals surface area contributed by atoms with Gasteiger partial charge >= 0.3 is 5.69 Å². The molecular formula is C16H23N3O3. The van der Waals surface area contributed by atoms with Crippen molar-refractivity contribution in [2.45, 2.75) is 32.9 Å². The zero-order valence-corrected chi connectivity index (χ0v) is 13.2. The van der Waals surface area contributed by atoms with E-state index in [-0.39, 0.29) is 30.8 Å². The average molecular weight is 305 g/mol. The SMILES string of the molecule is CC(C)CC(CO)NC(=O)Cn1c(=O)n(C)c2ccccc21. The number of aryl methyl sites for hydroxylation is 1. The van der Waals surface area contributed by atoms with Crippen LogP contribution in [0.3, 0.4) is 0 Å². The average Bonchev–Trinajstić information content (AvgIpc) is 2.71. The van der Waals surface area contributed by atoms with Crippen molar-refractivity contribution in [1.29, 1.82) is 0 Å². The lowest BCUT2D eigenvalue weighted by Crippen LogP contribution is -2.41. The molecule has 1 heterocycles. The van der Waals surface area contributed by atoms with Gasteiger partial charge in [0.2, 0.25) is 5.91 Å². The number of hydrogen-bond acceptors (Lipinski definition) is 3. The third-order valence-corrected chi connectivity index (χ3v) is 3.69. The summed E-state index contributed by atoms with van der Waals surface area (Å²) in [6.07, 6.45) is 0.701. The maximum absolute atomic E-state index is 12.3. The van der Waals surface area contributed by atoms with Crippen LogP contribution in [-0.4, -0.2) is 32.8 Å². The molecule has 1 atom stereocenters. The first-order valence-electron chi connectivity index (χ1n) is 7.48. The second-order valence-corrected chi connectivity index (χ2v) is 5.99. The Kier molecular flexibility index (Phi) is 5.03. The van der Waals surface area contributed by atoms with Crippen molar-refractivity contribution in [3.63, 3.8) is 0 Å². The molecule has 1 aromatic heterocycles. The lowest BCUT2D eigenvalue weighted by Gasteiger charge is -2.18. The normalized spacial score (nSPS) is 12.8. The Bertz CT molecular complexity index is 715. The summed E-state index contributed by atoms with van der Waals surface area (Å²) in [4.78, 5) is 24.4. The molecule has 0 aliphatic heterocycles. The minimum Gasteiger partial charge on any atom is -0.394 e. The topological polar surface area (TPSA) is 76.3 Å². The standard InChI is InChI=1S/C16H23N3O3/c1-11(2)8-12(10-20)17-15(21)9-19-14-7-5-4-6-13(14)18(3)16(19)22/h4-7,11-12,20H,8-10H2,1-3H3,(H,17,21). The van der Waals surface area contributed by atoms with Crippen molar-refractivity contribution in [2.24, 2.45) is 13.0 Å². The summed E-state index contributed by atoms with van der Waals surface area (Å²) in [6.45, 7) is 3.91. The van der Waals surface area contributed by atoms with Gasteiger partial charge in [-0.25, -0.2) is 4.79 Å². The molecule has 6 nitrogen and oxygen atoms in total. The summed E-state index contributed by atoms with van der Waals surface area (Å²) in [5, 5.41) is 12.1. The Labute approximate surface area is 129 Å². The van der Waals surface area contributed by atoms with Crippen LogP contribution in [0, 0.1) is 5.92 Å². The number of benzene rings is 1. The lowest BCUT2D eigenvalue weighted by molar-refractivity contribution is -0.122. The van der Waals surface area contributed by atoms with Crippen LogP contribution in [0.1, 0.15) is 20.3 Å². The number of aliphatic hydroxyl groups excluding tert-OH is 1. The second kappa shape index (κ2) is 6.79. The smallest absolute Gasteiger partial charge is 0.329 e. The van der Waals surface area contributed by atoms with Crippen molar-refractivity contribution in [2.75, 3.05) is 6.61 Å². The van der Waals surface area contributed by atoms with Crippen LogP contribution in [0.25, 0.3) is 11.0 Å². The van der Waals surface area contributed by atoms with Gasteiger partial charge in [-0.2, -0.15) is 0 Å². The molecule has 0 aliphatic rings. The molecule has 6 heteroatoms. The Balaban J connectivity index is 2.19. The molecule has 120 valence electrons. The van der Waals surface area contributed by atoms with E-state index in [1.54, 1.807) is 7.05 Å². The highest BCUT2D eigenvalue weighted by Crippen LogP contribution is 2.11. The summed E-state index contributed by atoms with van der Waals surface area (Å²) in [6, 6.07) is 7.09. The number of aromatic nitrogens is 2. The number of nitrogens with one attached hydrogen (secondary N) is 1. The molecule has 2 aromatic rings. The monoisotopic (exact) mass is 305 g/mol. The first-order chi connectivity index (χ1) is 10.4. The van der Waals surface area contributed by atoms with E-state index in [1.165, 1.54) is 9.13 Å². The molecule has 22 heavy (non-hydrogen) atoms. The van der Waals surface area contributed by atoms with Crippen LogP contribution >= 0.6 is 0 Å². The van der Waals surface area contributed by atoms with E-state index < -0.39 is 0 Å². The maximum Gasteiger partial charge on any atom is 0.329 e. The molecule has 1 aromatic carbocycles. The van der Waals surface area contributed by atoms with Gasteiger partial charge in [0.25, 0.3) is 0 Å². The molecule has 2 rings (SSSR count). The molecule has 0 aliphatic carbocycles. The van der Waals surface area contributed by atoms with Gasteiger partial charge in [-0.1, -0.05) is 26.0 Å². The van der Waals surface area contributed by atoms with Crippen molar-refractivity contribution < 1.29 is 9.90 Å². The third kappa shape index (κ3) is 3.39. The summed E-state index contributed by atoms with van der Waals surface area (Å²) < 4.78 is 2.98. The predicted octanol–water partition coefficient (Wildman–Crippen LogP) is 0.863. The molecule has 0 saturated heterocycles. The molecule has 0 spiro atoms. The highest BCUT2D eigenvalue weighted by molar-refractivity contribution is 5.81. The van der Waals surface area contributed by atoms with Crippen molar-refractivity contribution in [3.05, 3.63) is 34.7 Å². The van der Waals surface area contributed by atoms with Crippen molar-refractivity contribution in [3.8, 4) is 0 Å². The number of aliphatic hydroxyl groups is 1. The number of carbonyl (C=O) groups is 1. The molecule has 0 bridgehead atoms. The van der Waals surface area contributed by atoms with Crippen LogP contribution in [0.4, 0.5) is 0 Å². The Morgan fingerprint density at radius 2 is 1.91 bits per heavy atom. The molecular weight excluding hydrogens is 282 g/mol. The Hall–Kier alpha value is -2.08. The van der Waals surface area contributed by atoms with Gasteiger partial charge < -0.3 is 10.4 Å². The number of fused-ring (bicyclic) bond motifs is 1. The van der Waals surface area contributed by atoms with Gasteiger partial charge in [0.15, 0.2) is 0 Å². The van der Waals surface area contributed by atoms with E-state index in [1.807, 2.05) is 38.1 Å². The van der Waals surface area contributed by atoms with Crippen LogP contribution in [-0.2, 0) is 18.4 Å². The van der Waals surface area contributed by atoms with E-state index in [0.717, 1.165) is 11.0 Å². The van der Waals surface area contributed by atoms with Gasteiger partial charge in [-0.3, -0.25) is 13.9 Å². The summed E-state index contributed by atoms with van der Waals surface area (Å²) in [5.74, 6) is 0.107. The van der Waals surface area contributed by atoms with Crippen LogP contribution < -0.4 is 11.0 Å². The second-order valence-electron chi connectivity index (χ2n) is 5.99. The highest BCUT2D eigenvalue weighted by Gasteiger charge is 2.16. The first-order valence-corrected chi connectivity index (χ1v) is 7.48. The third-order valence-electron chi connectivity index (χ3n) is 3.69. The summed E-state index contributed by atoms with van der Waals surface area (Å²) in [5.41, 5.74) is 1.30. The largest absolute Gasteiger partial charge is 0.394 e. The van der Waals surface area contributed by atoms with Gasteiger partial charge in [0.1, 0.15) is 6.54 Å². The number of nitrogens with zero attached hydrogens (tertiary/aromatic N) is 2. The fraction of sp³-hybridized carbons (Fsp3) is 0.500. The van der Waals surface area contributed by atoms with Crippen LogP contribution in [0.15, 0.2) is 29.1 Å². The number of imidazole rings is 1. The van der Waals surface area contributed by atoms with Gasteiger partial charge in [0, 0.05) is 7.05 Å². The molecule has 1 amide bonds. The minimum absolute atomic E-state index is 0.0468. The van der Waals surface area contributed by atoms with Gasteiger partial charge in [0.05, 0.1) is 23.7 Å². The fourth-order valence-electron chi connectivity index (χ4n) is 2.68. The minimum atomic E-state index is -0.279. The first kappa shape index (κ1) is 16.3. The predicted molar refractivity (Wildman–Crippen MR) is 85.7 cm³/mol. The van der Waals surface area contributed by atoms with E-state index in [4.69, 9.17) is 0 Å². The molecule has 0 fully saturated rings. The van der Waals surface area contributed by atoms with E-state index in [0.29, 0.717) is 12.3 Å². The molecule has 2 N–H and O–H groups in total. The number of amides is 1. The zero-order chi connectivity index (χ0) is 16.3. The van der Waals surface area contributed by atoms with Crippen molar-refractivity contribution >= 4 is 16.9 Å². The highest BCUT2D eigenvalue weighted by atomic mass is 16.3. The van der Waals surface area contributed by atoms with Crippen LogP contribution in [0.2, 0.25) is 0 Å². The van der Waals surface area contributed by atoms with Crippen molar-refractivity contribution in [1.82, 2.24) is 14.5 Å². The Morgan fingerprint density at radius 3 is 2.50 bits per heavy atom. The molecule has 0 saturated carbocycles. The van der Waals surface area contributed by atoms with E-state index in [2.05, 4.69) is 5.32 Å². The molecule has 0 radical (unpaired) electrons. The van der Waals surface area contributed by atoms with Crippen LogP contribution in [0.5, 0.6) is 0 Å². The summed E-state index contributed by atoms with van der Waals surface area (Å²) >= 11 is 0. The zero-order valence-electron chi connectivity index (χ0n) is 13.2. The maximum atomic E-state index is 12.3. The van der Waals surface area contributed by atoms with Gasteiger partial charge in [-0.05, 0) is 24.5 Å².